The number of nitriles is 1. The fourth-order valence-electron chi connectivity index (χ4n) is 1.27. The van der Waals surface area contributed by atoms with Crippen LogP contribution in [0.1, 0.15) is 25.0 Å². The van der Waals surface area contributed by atoms with Crippen LogP contribution in [0.3, 0.4) is 0 Å². The molecule has 0 amide bonds. The maximum Gasteiger partial charge on any atom is 0.101 e. The second-order valence-electron chi connectivity index (χ2n) is 2.69. The van der Waals surface area contributed by atoms with Crippen molar-refractivity contribution >= 4 is 11.8 Å². The summed E-state index contributed by atoms with van der Waals surface area (Å²) in [6, 6.07) is 8.35. The van der Waals surface area contributed by atoms with Crippen LogP contribution in [-0.2, 0) is 6.42 Å². The van der Waals surface area contributed by atoms with Gasteiger partial charge in [-0.3, -0.25) is 0 Å². The molecule has 1 aromatic rings. The number of hydrogen-bond donors (Lipinski definition) is 0. The first kappa shape index (κ1) is 10.1. The predicted molar refractivity (Wildman–Crippen MR) is 56.9 cm³/mol. The summed E-state index contributed by atoms with van der Waals surface area (Å²) in [5.74, 6) is 1.02. The van der Waals surface area contributed by atoms with Gasteiger partial charge in [0.2, 0.25) is 0 Å². The van der Waals surface area contributed by atoms with E-state index in [1.165, 1.54) is 0 Å². The van der Waals surface area contributed by atoms with Crippen molar-refractivity contribution in [2.45, 2.75) is 25.2 Å². The molecule has 0 fully saturated rings. The van der Waals surface area contributed by atoms with Crippen LogP contribution in [-0.4, -0.2) is 5.75 Å². The third kappa shape index (κ3) is 2.26. The highest BCUT2D eigenvalue weighted by Crippen LogP contribution is 2.24. The first-order valence-corrected chi connectivity index (χ1v) is 5.46. The molecule has 0 radical (unpaired) electrons. The molecule has 0 heterocycles. The summed E-state index contributed by atoms with van der Waals surface area (Å²) >= 11 is 1.73. The lowest BCUT2D eigenvalue weighted by molar-refractivity contribution is 1.10. The van der Waals surface area contributed by atoms with Gasteiger partial charge in [0.05, 0.1) is 5.56 Å². The zero-order chi connectivity index (χ0) is 9.68. The summed E-state index contributed by atoms with van der Waals surface area (Å²) in [5.41, 5.74) is 2.01. The quantitative estimate of drug-likeness (QED) is 0.685. The van der Waals surface area contributed by atoms with Gasteiger partial charge in [-0.1, -0.05) is 26.0 Å². The van der Waals surface area contributed by atoms with Gasteiger partial charge in [0.25, 0.3) is 0 Å². The Hall–Kier alpha value is -0.940. The summed E-state index contributed by atoms with van der Waals surface area (Å²) in [6.45, 7) is 4.18. The van der Waals surface area contributed by atoms with E-state index in [2.05, 4.69) is 19.9 Å². The molecule has 0 aromatic heterocycles. The van der Waals surface area contributed by atoms with E-state index in [0.29, 0.717) is 0 Å². The lowest BCUT2D eigenvalue weighted by Crippen LogP contribution is -1.90. The third-order valence-electron chi connectivity index (χ3n) is 1.91. The van der Waals surface area contributed by atoms with Crippen molar-refractivity contribution in [1.82, 2.24) is 0 Å². The molecular weight excluding hydrogens is 178 g/mol. The molecule has 0 atom stereocenters. The lowest BCUT2D eigenvalue weighted by atomic mass is 10.1. The van der Waals surface area contributed by atoms with Crippen LogP contribution in [0.15, 0.2) is 23.1 Å². The molecule has 68 valence electrons. The van der Waals surface area contributed by atoms with E-state index >= 15 is 0 Å². The second-order valence-corrected chi connectivity index (χ2v) is 3.99. The van der Waals surface area contributed by atoms with Crippen LogP contribution in [0.4, 0.5) is 0 Å². The minimum absolute atomic E-state index is 0.858. The van der Waals surface area contributed by atoms with E-state index in [-0.39, 0.29) is 0 Å². The summed E-state index contributed by atoms with van der Waals surface area (Å²) in [5, 5.41) is 8.99. The topological polar surface area (TPSA) is 23.8 Å². The van der Waals surface area contributed by atoms with E-state index in [1.807, 2.05) is 18.2 Å². The van der Waals surface area contributed by atoms with E-state index in [9.17, 15) is 0 Å². The normalized spacial score (nSPS) is 9.62. The number of thioether (sulfide) groups is 1. The van der Waals surface area contributed by atoms with Gasteiger partial charge in [-0.25, -0.2) is 0 Å². The van der Waals surface area contributed by atoms with Crippen molar-refractivity contribution in [3.05, 3.63) is 29.3 Å². The Labute approximate surface area is 83.8 Å². The summed E-state index contributed by atoms with van der Waals surface area (Å²) in [4.78, 5) is 1.12. The molecule has 13 heavy (non-hydrogen) atoms. The molecule has 0 saturated heterocycles. The Balaban J connectivity index is 3.13. The summed E-state index contributed by atoms with van der Waals surface area (Å²) in [7, 11) is 0. The fourth-order valence-corrected chi connectivity index (χ4v) is 2.08. The zero-order valence-corrected chi connectivity index (χ0v) is 8.82. The first-order chi connectivity index (χ1) is 6.33. The fraction of sp³-hybridized carbons (Fsp3) is 0.364. The van der Waals surface area contributed by atoms with E-state index in [1.54, 1.807) is 11.8 Å². The molecule has 0 aliphatic heterocycles. The smallest absolute Gasteiger partial charge is 0.101 e. The molecule has 0 aliphatic carbocycles. The second kappa shape index (κ2) is 4.94. The highest BCUT2D eigenvalue weighted by Gasteiger charge is 2.05. The summed E-state index contributed by atoms with van der Waals surface area (Å²) < 4.78 is 0. The Bertz CT molecular complexity index is 325. The number of rotatable bonds is 3. The molecule has 1 nitrogen and oxygen atoms in total. The van der Waals surface area contributed by atoms with Gasteiger partial charge in [0.1, 0.15) is 6.07 Å². The van der Waals surface area contributed by atoms with Crippen molar-refractivity contribution in [3.63, 3.8) is 0 Å². The Morgan fingerprint density at radius 1 is 1.38 bits per heavy atom. The minimum Gasteiger partial charge on any atom is -0.192 e. The minimum atomic E-state index is 0.858. The van der Waals surface area contributed by atoms with Gasteiger partial charge in [-0.15, -0.1) is 11.8 Å². The van der Waals surface area contributed by atoms with Gasteiger partial charge < -0.3 is 0 Å². The number of aryl methyl sites for hydroxylation is 1. The zero-order valence-electron chi connectivity index (χ0n) is 8.00. The number of nitrogens with zero attached hydrogens (tertiary/aromatic N) is 1. The molecule has 0 N–H and O–H groups in total. The Morgan fingerprint density at radius 2 is 2.15 bits per heavy atom. The van der Waals surface area contributed by atoms with Crippen molar-refractivity contribution in [2.75, 3.05) is 5.75 Å². The van der Waals surface area contributed by atoms with Crippen LogP contribution >= 0.6 is 11.8 Å². The van der Waals surface area contributed by atoms with Crippen LogP contribution < -0.4 is 0 Å². The largest absolute Gasteiger partial charge is 0.192 e. The van der Waals surface area contributed by atoms with Gasteiger partial charge in [-0.2, -0.15) is 5.26 Å². The van der Waals surface area contributed by atoms with Gasteiger partial charge in [0, 0.05) is 4.90 Å². The standard InChI is InChI=1S/C11H13NS/c1-3-9-6-5-7-11(13-4-2)10(9)8-12/h5-7H,3-4H2,1-2H3. The molecule has 2 heteroatoms. The van der Waals surface area contributed by atoms with Gasteiger partial charge in [0.15, 0.2) is 0 Å². The average molecular weight is 191 g/mol. The van der Waals surface area contributed by atoms with E-state index in [0.717, 1.165) is 28.2 Å². The molecule has 0 saturated carbocycles. The predicted octanol–water partition coefficient (Wildman–Crippen LogP) is 3.23. The molecule has 0 aliphatic rings. The van der Waals surface area contributed by atoms with E-state index in [4.69, 9.17) is 5.26 Å². The maximum atomic E-state index is 8.99. The third-order valence-corrected chi connectivity index (χ3v) is 2.84. The Kier molecular flexibility index (Phi) is 3.85. The highest BCUT2D eigenvalue weighted by atomic mass is 32.2. The van der Waals surface area contributed by atoms with Crippen LogP contribution in [0.2, 0.25) is 0 Å². The van der Waals surface area contributed by atoms with Crippen LogP contribution in [0, 0.1) is 11.3 Å². The summed E-state index contributed by atoms with van der Waals surface area (Å²) in [6.07, 6.45) is 0.932. The monoisotopic (exact) mass is 191 g/mol. The van der Waals surface area contributed by atoms with Crippen molar-refractivity contribution in [1.29, 1.82) is 5.26 Å². The number of benzene rings is 1. The molecule has 0 unspecified atom stereocenters. The molecule has 1 rings (SSSR count). The van der Waals surface area contributed by atoms with Crippen LogP contribution in [0.25, 0.3) is 0 Å². The number of hydrogen-bond acceptors (Lipinski definition) is 2. The molecular formula is C11H13NS. The molecule has 1 aromatic carbocycles. The van der Waals surface area contributed by atoms with Crippen molar-refractivity contribution < 1.29 is 0 Å². The van der Waals surface area contributed by atoms with E-state index < -0.39 is 0 Å². The lowest BCUT2D eigenvalue weighted by Gasteiger charge is -2.05. The SMILES string of the molecule is CCSc1cccc(CC)c1C#N. The molecule has 0 bridgehead atoms. The first-order valence-electron chi connectivity index (χ1n) is 4.48. The molecule has 0 spiro atoms. The van der Waals surface area contributed by atoms with Gasteiger partial charge in [-0.05, 0) is 23.8 Å². The highest BCUT2D eigenvalue weighted by molar-refractivity contribution is 7.99. The maximum absolute atomic E-state index is 8.99. The van der Waals surface area contributed by atoms with Crippen molar-refractivity contribution in [3.8, 4) is 6.07 Å². The Morgan fingerprint density at radius 3 is 2.69 bits per heavy atom. The average Bonchev–Trinajstić information content (AvgIpc) is 2.18. The van der Waals surface area contributed by atoms with Crippen LogP contribution in [0.5, 0.6) is 0 Å². The van der Waals surface area contributed by atoms with Gasteiger partial charge >= 0.3 is 0 Å². The van der Waals surface area contributed by atoms with Crippen molar-refractivity contribution in [2.24, 2.45) is 0 Å².